The van der Waals surface area contributed by atoms with Crippen LogP contribution in [0.15, 0.2) is 48.5 Å². The van der Waals surface area contributed by atoms with Gasteiger partial charge in [-0.3, -0.25) is 4.79 Å². The Morgan fingerprint density at radius 2 is 1.63 bits per heavy atom. The van der Waals surface area contributed by atoms with Crippen molar-refractivity contribution in [1.29, 1.82) is 0 Å². The summed E-state index contributed by atoms with van der Waals surface area (Å²) in [7, 11) is 3.98. The highest BCUT2D eigenvalue weighted by molar-refractivity contribution is 6.10. The number of hydrogen-bond donors (Lipinski definition) is 0. The Morgan fingerprint density at radius 1 is 1.00 bits per heavy atom. The smallest absolute Gasteiger partial charge is 0.193 e. The summed E-state index contributed by atoms with van der Waals surface area (Å²) in [5, 5.41) is 0. The van der Waals surface area contributed by atoms with Gasteiger partial charge >= 0.3 is 0 Å². The van der Waals surface area contributed by atoms with Gasteiger partial charge < -0.3 is 4.90 Å². The highest BCUT2D eigenvalue weighted by atomic mass is 16.1. The third-order valence-electron chi connectivity index (χ3n) is 3.29. The zero-order chi connectivity index (χ0) is 13.8. The lowest BCUT2D eigenvalue weighted by molar-refractivity contribution is 0.103. The molecule has 0 N–H and O–H groups in total. The number of rotatable bonds is 4. The van der Waals surface area contributed by atoms with Crippen LogP contribution in [-0.2, 0) is 6.42 Å². The van der Waals surface area contributed by atoms with E-state index in [0.29, 0.717) is 0 Å². The monoisotopic (exact) mass is 253 g/mol. The number of anilines is 1. The molecule has 2 nitrogen and oxygen atoms in total. The molecule has 0 aliphatic carbocycles. The van der Waals surface area contributed by atoms with Crippen LogP contribution in [0.1, 0.15) is 28.4 Å². The molecule has 98 valence electrons. The lowest BCUT2D eigenvalue weighted by Gasteiger charge is -2.13. The van der Waals surface area contributed by atoms with Gasteiger partial charge in [-0.2, -0.15) is 0 Å². The summed E-state index contributed by atoms with van der Waals surface area (Å²) in [5.41, 5.74) is 3.75. The van der Waals surface area contributed by atoms with E-state index >= 15 is 0 Å². The van der Waals surface area contributed by atoms with Gasteiger partial charge in [0.25, 0.3) is 0 Å². The first kappa shape index (κ1) is 13.3. The maximum atomic E-state index is 12.5. The molecular formula is C17H19NO. The summed E-state index contributed by atoms with van der Waals surface area (Å²) in [5.74, 6) is 0.0998. The Hall–Kier alpha value is -2.09. The molecule has 0 unspecified atom stereocenters. The Kier molecular flexibility index (Phi) is 4.00. The molecule has 0 aliphatic heterocycles. The van der Waals surface area contributed by atoms with Crippen LogP contribution >= 0.6 is 0 Å². The van der Waals surface area contributed by atoms with E-state index in [2.05, 4.69) is 6.92 Å². The van der Waals surface area contributed by atoms with Gasteiger partial charge in [-0.1, -0.05) is 31.2 Å². The van der Waals surface area contributed by atoms with Crippen molar-refractivity contribution in [2.75, 3.05) is 19.0 Å². The van der Waals surface area contributed by atoms with Crippen LogP contribution in [-0.4, -0.2) is 19.9 Å². The molecule has 0 amide bonds. The Balaban J connectivity index is 2.33. The van der Waals surface area contributed by atoms with Crippen molar-refractivity contribution < 1.29 is 4.79 Å². The highest BCUT2D eigenvalue weighted by Crippen LogP contribution is 2.18. The molecule has 0 aliphatic rings. The first-order chi connectivity index (χ1) is 9.13. The predicted octanol–water partition coefficient (Wildman–Crippen LogP) is 3.55. The van der Waals surface area contributed by atoms with Crippen LogP contribution < -0.4 is 4.90 Å². The molecule has 0 heterocycles. The van der Waals surface area contributed by atoms with E-state index in [1.165, 1.54) is 0 Å². The molecule has 0 bridgehead atoms. The molecule has 2 aromatic rings. The second-order valence-corrected chi connectivity index (χ2v) is 4.78. The summed E-state index contributed by atoms with van der Waals surface area (Å²) >= 11 is 0. The number of carbonyl (C=O) groups excluding carboxylic acids is 1. The van der Waals surface area contributed by atoms with Gasteiger partial charge in [-0.15, -0.1) is 0 Å². The third-order valence-corrected chi connectivity index (χ3v) is 3.29. The van der Waals surface area contributed by atoms with Gasteiger partial charge in [-0.05, 0) is 36.2 Å². The van der Waals surface area contributed by atoms with Crippen molar-refractivity contribution in [2.45, 2.75) is 13.3 Å². The van der Waals surface area contributed by atoms with E-state index in [-0.39, 0.29) is 5.78 Å². The summed E-state index contributed by atoms with van der Waals surface area (Å²) in [6.45, 7) is 2.07. The minimum absolute atomic E-state index is 0.0998. The fourth-order valence-electron chi connectivity index (χ4n) is 2.12. The molecule has 0 radical (unpaired) electrons. The first-order valence-corrected chi connectivity index (χ1v) is 6.53. The lowest BCUT2D eigenvalue weighted by Crippen LogP contribution is -2.09. The van der Waals surface area contributed by atoms with Gasteiger partial charge in [0.05, 0.1) is 0 Å². The predicted molar refractivity (Wildman–Crippen MR) is 80.0 cm³/mol. The topological polar surface area (TPSA) is 20.3 Å². The average Bonchev–Trinajstić information content (AvgIpc) is 2.46. The Labute approximate surface area is 114 Å². The van der Waals surface area contributed by atoms with Crippen LogP contribution in [0, 0.1) is 0 Å². The van der Waals surface area contributed by atoms with Crippen LogP contribution in [0.2, 0.25) is 0 Å². The van der Waals surface area contributed by atoms with Crippen molar-refractivity contribution in [3.05, 3.63) is 65.2 Å². The van der Waals surface area contributed by atoms with E-state index in [1.807, 2.05) is 67.5 Å². The molecule has 0 saturated carbocycles. The average molecular weight is 253 g/mol. The largest absolute Gasteiger partial charge is 0.378 e. The molecule has 0 spiro atoms. The van der Waals surface area contributed by atoms with Crippen LogP contribution in [0.3, 0.4) is 0 Å². The number of hydrogen-bond acceptors (Lipinski definition) is 2. The standard InChI is InChI=1S/C17H19NO/c1-4-13-7-5-6-8-16(13)17(19)14-9-11-15(12-10-14)18(2)3/h5-12H,4H2,1-3H3. The molecule has 2 rings (SSSR count). The molecule has 0 atom stereocenters. The summed E-state index contributed by atoms with van der Waals surface area (Å²) in [4.78, 5) is 14.5. The Morgan fingerprint density at radius 3 is 2.21 bits per heavy atom. The molecule has 2 heteroatoms. The van der Waals surface area contributed by atoms with Gasteiger partial charge in [0.1, 0.15) is 0 Å². The van der Waals surface area contributed by atoms with Crippen molar-refractivity contribution in [3.63, 3.8) is 0 Å². The zero-order valence-corrected chi connectivity index (χ0v) is 11.7. The SMILES string of the molecule is CCc1ccccc1C(=O)c1ccc(N(C)C)cc1. The molecule has 19 heavy (non-hydrogen) atoms. The fourth-order valence-corrected chi connectivity index (χ4v) is 2.12. The maximum absolute atomic E-state index is 12.5. The van der Waals surface area contributed by atoms with Crippen molar-refractivity contribution >= 4 is 11.5 Å². The van der Waals surface area contributed by atoms with E-state index in [9.17, 15) is 4.79 Å². The minimum atomic E-state index is 0.0998. The van der Waals surface area contributed by atoms with Gasteiger partial charge in [0.15, 0.2) is 5.78 Å². The van der Waals surface area contributed by atoms with Crippen molar-refractivity contribution in [2.24, 2.45) is 0 Å². The number of benzene rings is 2. The van der Waals surface area contributed by atoms with Gasteiger partial charge in [0.2, 0.25) is 0 Å². The van der Waals surface area contributed by atoms with Crippen LogP contribution in [0.4, 0.5) is 5.69 Å². The van der Waals surface area contributed by atoms with E-state index in [1.54, 1.807) is 0 Å². The quantitative estimate of drug-likeness (QED) is 0.777. The molecular weight excluding hydrogens is 234 g/mol. The number of nitrogens with zero attached hydrogens (tertiary/aromatic N) is 1. The van der Waals surface area contributed by atoms with Gasteiger partial charge in [0, 0.05) is 30.9 Å². The second-order valence-electron chi connectivity index (χ2n) is 4.78. The lowest BCUT2D eigenvalue weighted by atomic mass is 9.97. The molecule has 0 saturated heterocycles. The number of carbonyl (C=O) groups is 1. The number of ketones is 1. The van der Waals surface area contributed by atoms with Crippen LogP contribution in [0.25, 0.3) is 0 Å². The Bertz CT molecular complexity index is 570. The normalized spacial score (nSPS) is 10.3. The summed E-state index contributed by atoms with van der Waals surface area (Å²) in [6.07, 6.45) is 0.873. The zero-order valence-electron chi connectivity index (χ0n) is 11.7. The molecule has 0 fully saturated rings. The first-order valence-electron chi connectivity index (χ1n) is 6.53. The minimum Gasteiger partial charge on any atom is -0.378 e. The second kappa shape index (κ2) is 5.70. The van der Waals surface area contributed by atoms with Crippen LogP contribution in [0.5, 0.6) is 0 Å². The van der Waals surface area contributed by atoms with E-state index in [4.69, 9.17) is 0 Å². The third kappa shape index (κ3) is 2.84. The van der Waals surface area contributed by atoms with Gasteiger partial charge in [-0.25, -0.2) is 0 Å². The van der Waals surface area contributed by atoms with Crippen molar-refractivity contribution in [3.8, 4) is 0 Å². The number of aryl methyl sites for hydroxylation is 1. The van der Waals surface area contributed by atoms with E-state index < -0.39 is 0 Å². The molecule has 0 aromatic heterocycles. The fraction of sp³-hybridized carbons (Fsp3) is 0.235. The highest BCUT2D eigenvalue weighted by Gasteiger charge is 2.12. The summed E-state index contributed by atoms with van der Waals surface area (Å²) < 4.78 is 0. The molecule has 2 aromatic carbocycles. The van der Waals surface area contributed by atoms with Crippen molar-refractivity contribution in [1.82, 2.24) is 0 Å². The van der Waals surface area contributed by atoms with E-state index in [0.717, 1.165) is 28.8 Å². The summed E-state index contributed by atoms with van der Waals surface area (Å²) in [6, 6.07) is 15.5. The maximum Gasteiger partial charge on any atom is 0.193 e.